The summed E-state index contributed by atoms with van der Waals surface area (Å²) in [4.78, 5) is 25.0. The maximum atomic E-state index is 12.5. The Morgan fingerprint density at radius 3 is 2.38 bits per heavy atom. The van der Waals surface area contributed by atoms with Crippen molar-refractivity contribution in [1.29, 1.82) is 0 Å². The number of fused-ring (bicyclic) bond motifs is 3. The molecule has 0 aliphatic carbocycles. The van der Waals surface area contributed by atoms with Crippen molar-refractivity contribution in [2.24, 2.45) is 5.41 Å². The molecule has 34 heavy (non-hydrogen) atoms. The second-order valence-corrected chi connectivity index (χ2v) is 16.7. The van der Waals surface area contributed by atoms with Crippen molar-refractivity contribution >= 4 is 20.0 Å². The SMILES string of the molecule is CCC(C)(C)C(=O)OC1C(=O)OC2C3OC(C)(c4ccc(COC[Si](C)(C)C)cc4)OC3OC12. The van der Waals surface area contributed by atoms with Crippen LogP contribution in [0.15, 0.2) is 24.3 Å². The quantitative estimate of drug-likeness (QED) is 0.401. The van der Waals surface area contributed by atoms with Crippen molar-refractivity contribution in [3.63, 3.8) is 0 Å². The lowest BCUT2D eigenvalue weighted by atomic mass is 9.90. The maximum absolute atomic E-state index is 12.5. The Hall–Kier alpha value is -1.78. The number of esters is 2. The Kier molecular flexibility index (Phi) is 6.71. The Balaban J connectivity index is 1.39. The fourth-order valence-electron chi connectivity index (χ4n) is 4.14. The number of benzene rings is 1. The zero-order valence-electron chi connectivity index (χ0n) is 21.1. The van der Waals surface area contributed by atoms with Gasteiger partial charge in [-0.05, 0) is 32.8 Å². The molecule has 188 valence electrons. The highest BCUT2D eigenvalue weighted by Gasteiger charge is 2.65. The largest absolute Gasteiger partial charge is 0.454 e. The molecule has 3 aliphatic rings. The zero-order chi connectivity index (χ0) is 24.9. The van der Waals surface area contributed by atoms with E-state index in [4.69, 9.17) is 28.4 Å². The van der Waals surface area contributed by atoms with E-state index in [1.54, 1.807) is 13.8 Å². The van der Waals surface area contributed by atoms with Crippen LogP contribution in [0.25, 0.3) is 0 Å². The predicted molar refractivity (Wildman–Crippen MR) is 125 cm³/mol. The van der Waals surface area contributed by atoms with Gasteiger partial charge in [-0.15, -0.1) is 0 Å². The first-order valence-electron chi connectivity index (χ1n) is 11.9. The Morgan fingerprint density at radius 1 is 1.09 bits per heavy atom. The lowest BCUT2D eigenvalue weighted by molar-refractivity contribution is -0.232. The second-order valence-electron chi connectivity index (χ2n) is 11.3. The van der Waals surface area contributed by atoms with E-state index in [-0.39, 0.29) is 0 Å². The van der Waals surface area contributed by atoms with Gasteiger partial charge < -0.3 is 28.4 Å². The highest BCUT2D eigenvalue weighted by molar-refractivity contribution is 6.76. The minimum atomic E-state index is -1.25. The topological polar surface area (TPSA) is 89.5 Å². The van der Waals surface area contributed by atoms with Crippen LogP contribution in [0.3, 0.4) is 0 Å². The van der Waals surface area contributed by atoms with E-state index in [1.807, 2.05) is 38.1 Å². The molecule has 4 rings (SSSR count). The summed E-state index contributed by atoms with van der Waals surface area (Å²) in [5.74, 6) is -2.13. The van der Waals surface area contributed by atoms with Crippen molar-refractivity contribution in [2.75, 3.05) is 6.23 Å². The number of hydrogen-bond donors (Lipinski definition) is 0. The molecular formula is C25H36O8Si. The van der Waals surface area contributed by atoms with Crippen molar-refractivity contribution in [3.8, 4) is 0 Å². The predicted octanol–water partition coefficient (Wildman–Crippen LogP) is 3.67. The third kappa shape index (κ3) is 4.95. The molecule has 0 bridgehead atoms. The number of carbonyl (C=O) groups excluding carboxylic acids is 2. The van der Waals surface area contributed by atoms with Crippen LogP contribution in [-0.4, -0.2) is 56.9 Å². The average molecular weight is 493 g/mol. The van der Waals surface area contributed by atoms with E-state index in [2.05, 4.69) is 19.6 Å². The standard InChI is InChI=1S/C25H36O8Si/c1-8-24(2,3)23(27)31-19-17-18(29-21(19)26)20-22(30-17)33-25(4,32-20)16-11-9-15(10-12-16)13-28-14-34(5,6)7/h9-12,17-20,22H,8,13-14H2,1-7H3. The van der Waals surface area contributed by atoms with E-state index in [9.17, 15) is 9.59 Å². The van der Waals surface area contributed by atoms with Gasteiger partial charge in [-0.3, -0.25) is 4.79 Å². The molecule has 9 heteroatoms. The van der Waals surface area contributed by atoms with Crippen molar-refractivity contribution in [3.05, 3.63) is 35.4 Å². The van der Waals surface area contributed by atoms with E-state index in [0.717, 1.165) is 17.4 Å². The minimum absolute atomic E-state index is 0.459. The van der Waals surface area contributed by atoms with Crippen LogP contribution in [0.4, 0.5) is 0 Å². The number of hydrogen-bond acceptors (Lipinski definition) is 8. The van der Waals surface area contributed by atoms with Gasteiger partial charge in [-0.25, -0.2) is 4.79 Å². The lowest BCUT2D eigenvalue weighted by Crippen LogP contribution is -2.40. The third-order valence-corrected chi connectivity index (χ3v) is 7.71. The molecule has 6 atom stereocenters. The monoisotopic (exact) mass is 492 g/mol. The summed E-state index contributed by atoms with van der Waals surface area (Å²) in [7, 11) is -1.25. The van der Waals surface area contributed by atoms with Gasteiger partial charge >= 0.3 is 11.9 Å². The van der Waals surface area contributed by atoms with E-state index >= 15 is 0 Å². The highest BCUT2D eigenvalue weighted by atomic mass is 28.3. The lowest BCUT2D eigenvalue weighted by Gasteiger charge is -2.27. The van der Waals surface area contributed by atoms with Crippen LogP contribution < -0.4 is 0 Å². The average Bonchev–Trinajstić information content (AvgIpc) is 3.35. The van der Waals surface area contributed by atoms with E-state index in [0.29, 0.717) is 13.0 Å². The van der Waals surface area contributed by atoms with Gasteiger partial charge in [-0.1, -0.05) is 50.8 Å². The molecule has 3 aliphatic heterocycles. The first kappa shape index (κ1) is 25.3. The van der Waals surface area contributed by atoms with E-state index in [1.165, 1.54) is 0 Å². The van der Waals surface area contributed by atoms with Crippen LogP contribution in [-0.2, 0) is 50.4 Å². The van der Waals surface area contributed by atoms with Crippen molar-refractivity contribution in [1.82, 2.24) is 0 Å². The molecule has 3 saturated heterocycles. The normalized spacial score (nSPS) is 32.9. The molecule has 0 radical (unpaired) electrons. The molecule has 8 nitrogen and oxygen atoms in total. The van der Waals surface area contributed by atoms with Crippen LogP contribution >= 0.6 is 0 Å². The minimum Gasteiger partial charge on any atom is -0.454 e. The number of rotatable bonds is 8. The van der Waals surface area contributed by atoms with Crippen molar-refractivity contribution in [2.45, 2.75) is 96.9 Å². The number of carbonyl (C=O) groups is 2. The van der Waals surface area contributed by atoms with Gasteiger partial charge in [0.05, 0.1) is 20.1 Å². The van der Waals surface area contributed by atoms with Gasteiger partial charge in [0.2, 0.25) is 6.10 Å². The van der Waals surface area contributed by atoms with Crippen molar-refractivity contribution < 1.29 is 38.0 Å². The summed E-state index contributed by atoms with van der Waals surface area (Å²) in [6.07, 6.45) is -2.52. The molecule has 1 aromatic carbocycles. The summed E-state index contributed by atoms with van der Waals surface area (Å²) >= 11 is 0. The Bertz CT molecular complexity index is 924. The second kappa shape index (κ2) is 9.02. The smallest absolute Gasteiger partial charge is 0.350 e. The third-order valence-electron chi connectivity index (χ3n) is 6.64. The first-order valence-corrected chi connectivity index (χ1v) is 15.6. The Morgan fingerprint density at radius 2 is 1.76 bits per heavy atom. The molecule has 1 aromatic rings. The summed E-state index contributed by atoms with van der Waals surface area (Å²) in [6.45, 7) is 14.6. The fraction of sp³-hybridized carbons (Fsp3) is 0.680. The summed E-state index contributed by atoms with van der Waals surface area (Å²) < 4.78 is 35.2. The van der Waals surface area contributed by atoms with Gasteiger partial charge in [0.1, 0.15) is 6.10 Å². The van der Waals surface area contributed by atoms with Gasteiger partial charge in [0.25, 0.3) is 0 Å². The van der Waals surface area contributed by atoms with Gasteiger partial charge in [-0.2, -0.15) is 0 Å². The fourth-order valence-corrected chi connectivity index (χ4v) is 4.85. The Labute approximate surface area is 202 Å². The van der Waals surface area contributed by atoms with Gasteiger partial charge in [0.15, 0.2) is 24.3 Å². The molecule has 0 spiro atoms. The number of ether oxygens (including phenoxy) is 6. The molecule has 0 aromatic heterocycles. The van der Waals surface area contributed by atoms with Crippen LogP contribution in [0, 0.1) is 5.41 Å². The van der Waals surface area contributed by atoms with Crippen LogP contribution in [0.2, 0.25) is 19.6 Å². The molecule has 3 fully saturated rings. The van der Waals surface area contributed by atoms with Crippen LogP contribution in [0.1, 0.15) is 45.2 Å². The molecular weight excluding hydrogens is 456 g/mol. The molecule has 6 unspecified atom stereocenters. The zero-order valence-corrected chi connectivity index (χ0v) is 22.1. The summed E-state index contributed by atoms with van der Waals surface area (Å²) in [5, 5.41) is 0. The van der Waals surface area contributed by atoms with E-state index < -0.39 is 61.9 Å². The van der Waals surface area contributed by atoms with Gasteiger partial charge in [0, 0.05) is 11.8 Å². The summed E-state index contributed by atoms with van der Waals surface area (Å²) in [5.41, 5.74) is 1.20. The highest BCUT2D eigenvalue weighted by Crippen LogP contribution is 2.47. The molecule has 3 heterocycles. The molecule has 0 N–H and O–H groups in total. The maximum Gasteiger partial charge on any atom is 0.350 e. The first-order chi connectivity index (χ1) is 15.8. The molecule has 0 amide bonds. The molecule has 0 saturated carbocycles. The summed E-state index contributed by atoms with van der Waals surface area (Å²) in [6, 6.07) is 7.89. The van der Waals surface area contributed by atoms with Crippen LogP contribution in [0.5, 0.6) is 0 Å².